The molecule has 0 radical (unpaired) electrons. The molecule has 0 saturated heterocycles. The van der Waals surface area contributed by atoms with Crippen LogP contribution in [0.1, 0.15) is 12.5 Å². The van der Waals surface area contributed by atoms with Crippen molar-refractivity contribution in [3.05, 3.63) is 42.0 Å². The molecule has 1 rings (SSSR count). The number of hydrogen-bond donors (Lipinski definition) is 1. The Morgan fingerprint density at radius 1 is 1.31 bits per heavy atom. The number of rotatable bonds is 4. The van der Waals surface area contributed by atoms with Crippen molar-refractivity contribution in [3.8, 4) is 0 Å². The Morgan fingerprint density at radius 3 is 2.44 bits per heavy atom. The molecule has 0 aliphatic rings. The molecule has 3 nitrogen and oxygen atoms in total. The van der Waals surface area contributed by atoms with E-state index in [4.69, 9.17) is 5.11 Å². The summed E-state index contributed by atoms with van der Waals surface area (Å²) in [6.07, 6.45) is 1.14. The minimum atomic E-state index is -0.997. The van der Waals surface area contributed by atoms with Gasteiger partial charge in [-0.25, -0.2) is 4.79 Å². The fourth-order valence-electron chi connectivity index (χ4n) is 1.19. The smallest absolute Gasteiger partial charge is 0.328 e. The fraction of sp³-hybridized carbons (Fsp3) is 0.167. The summed E-state index contributed by atoms with van der Waals surface area (Å²) in [5.41, 5.74) is 1.48. The van der Waals surface area contributed by atoms with Gasteiger partial charge < -0.3 is 5.11 Å². The topological polar surface area (TPSA) is 54.4 Å². The van der Waals surface area contributed by atoms with Crippen LogP contribution in [0.5, 0.6) is 0 Å². The molecule has 0 aliphatic heterocycles. The van der Waals surface area contributed by atoms with Crippen LogP contribution >= 0.6 is 11.8 Å². The highest BCUT2D eigenvalue weighted by atomic mass is 32.2. The van der Waals surface area contributed by atoms with E-state index >= 15 is 0 Å². The number of thioether (sulfide) groups is 1. The first kappa shape index (κ1) is 12.5. The number of carbonyl (C=O) groups is 2. The first-order valence-corrected chi connectivity index (χ1v) is 5.70. The Hall–Kier alpha value is -1.55. The van der Waals surface area contributed by atoms with E-state index in [2.05, 4.69) is 0 Å². The van der Waals surface area contributed by atoms with Crippen LogP contribution in [0.2, 0.25) is 0 Å². The third-order valence-electron chi connectivity index (χ3n) is 1.87. The van der Waals surface area contributed by atoms with Crippen molar-refractivity contribution in [2.45, 2.75) is 6.92 Å². The summed E-state index contributed by atoms with van der Waals surface area (Å²) in [6, 6.07) is 9.19. The molecule has 0 saturated carbocycles. The first-order valence-electron chi connectivity index (χ1n) is 4.72. The van der Waals surface area contributed by atoms with Crippen LogP contribution in [0.25, 0.3) is 5.57 Å². The minimum absolute atomic E-state index is 0.0211. The van der Waals surface area contributed by atoms with E-state index in [0.717, 1.165) is 23.4 Å². The van der Waals surface area contributed by atoms with Crippen LogP contribution in [0, 0.1) is 0 Å². The van der Waals surface area contributed by atoms with E-state index in [9.17, 15) is 9.59 Å². The highest BCUT2D eigenvalue weighted by molar-refractivity contribution is 8.13. The van der Waals surface area contributed by atoms with Gasteiger partial charge in [0.2, 0.25) is 0 Å². The lowest BCUT2D eigenvalue weighted by atomic mass is 10.1. The molecule has 0 fully saturated rings. The normalized spacial score (nSPS) is 11.2. The van der Waals surface area contributed by atoms with Crippen molar-refractivity contribution < 1.29 is 14.7 Å². The van der Waals surface area contributed by atoms with Crippen molar-refractivity contribution in [3.63, 3.8) is 0 Å². The lowest BCUT2D eigenvalue weighted by Gasteiger charge is -2.04. The monoisotopic (exact) mass is 236 g/mol. The fourth-order valence-corrected chi connectivity index (χ4v) is 1.80. The molecule has 84 valence electrons. The number of carboxylic acid groups (broad SMARTS) is 1. The van der Waals surface area contributed by atoms with Crippen LogP contribution < -0.4 is 0 Å². The summed E-state index contributed by atoms with van der Waals surface area (Å²) in [7, 11) is 0. The van der Waals surface area contributed by atoms with Gasteiger partial charge in [-0.3, -0.25) is 4.79 Å². The van der Waals surface area contributed by atoms with Gasteiger partial charge in [-0.05, 0) is 11.1 Å². The van der Waals surface area contributed by atoms with E-state index in [1.165, 1.54) is 6.92 Å². The predicted molar refractivity (Wildman–Crippen MR) is 65.2 cm³/mol. The Balaban J connectivity index is 2.88. The predicted octanol–water partition coefficient (Wildman–Crippen LogP) is 2.43. The van der Waals surface area contributed by atoms with Crippen molar-refractivity contribution in [1.82, 2.24) is 0 Å². The summed E-state index contributed by atoms with van der Waals surface area (Å²) < 4.78 is 0. The average molecular weight is 236 g/mol. The molecule has 16 heavy (non-hydrogen) atoms. The second-order valence-electron chi connectivity index (χ2n) is 3.15. The van der Waals surface area contributed by atoms with Crippen LogP contribution in [0.4, 0.5) is 0 Å². The lowest BCUT2D eigenvalue weighted by molar-refractivity contribution is -0.131. The molecule has 0 heterocycles. The standard InChI is InChI=1S/C12H12O3S/c1-9(13)16-8-11(7-12(14)15)10-5-3-2-4-6-10/h2-7H,8H2,1H3,(H,14,15). The molecule has 0 aliphatic carbocycles. The van der Waals surface area contributed by atoms with Crippen molar-refractivity contribution in [2.75, 3.05) is 5.75 Å². The third-order valence-corrected chi connectivity index (χ3v) is 2.74. The number of aliphatic carboxylic acids is 1. The highest BCUT2D eigenvalue weighted by Crippen LogP contribution is 2.19. The zero-order chi connectivity index (χ0) is 12.0. The van der Waals surface area contributed by atoms with Crippen LogP contribution in [0.3, 0.4) is 0 Å². The maximum absolute atomic E-state index is 10.9. The van der Waals surface area contributed by atoms with E-state index in [1.54, 1.807) is 0 Å². The van der Waals surface area contributed by atoms with Gasteiger partial charge in [-0.15, -0.1) is 0 Å². The molecule has 1 aromatic rings. The van der Waals surface area contributed by atoms with Gasteiger partial charge in [0.05, 0.1) is 0 Å². The Labute approximate surface area is 98.2 Å². The van der Waals surface area contributed by atoms with Gasteiger partial charge in [0.15, 0.2) is 5.12 Å². The summed E-state index contributed by atoms with van der Waals surface area (Å²) in [5, 5.41) is 8.72. The Kier molecular flexibility index (Phi) is 4.79. The largest absolute Gasteiger partial charge is 0.478 e. The second-order valence-corrected chi connectivity index (χ2v) is 4.31. The van der Waals surface area contributed by atoms with E-state index in [-0.39, 0.29) is 5.12 Å². The average Bonchev–Trinajstić information content (AvgIpc) is 2.25. The highest BCUT2D eigenvalue weighted by Gasteiger charge is 2.05. The maximum Gasteiger partial charge on any atom is 0.328 e. The van der Waals surface area contributed by atoms with Crippen molar-refractivity contribution in [2.24, 2.45) is 0 Å². The molecular weight excluding hydrogens is 224 g/mol. The summed E-state index contributed by atoms with van der Waals surface area (Å²) in [5.74, 6) is -0.617. The zero-order valence-electron chi connectivity index (χ0n) is 8.84. The molecule has 0 aromatic heterocycles. The SMILES string of the molecule is CC(=O)SCC(=CC(=O)O)c1ccccc1. The van der Waals surface area contributed by atoms with Crippen molar-refractivity contribution >= 4 is 28.4 Å². The molecule has 1 N–H and O–H groups in total. The van der Waals surface area contributed by atoms with Gasteiger partial charge >= 0.3 is 5.97 Å². The summed E-state index contributed by atoms with van der Waals surface area (Å²) in [6.45, 7) is 1.47. The first-order chi connectivity index (χ1) is 7.59. The summed E-state index contributed by atoms with van der Waals surface area (Å²) in [4.78, 5) is 21.5. The quantitative estimate of drug-likeness (QED) is 0.816. The summed E-state index contributed by atoms with van der Waals surface area (Å²) >= 11 is 1.11. The minimum Gasteiger partial charge on any atom is -0.478 e. The van der Waals surface area contributed by atoms with E-state index < -0.39 is 5.97 Å². The van der Waals surface area contributed by atoms with Crippen LogP contribution in [-0.4, -0.2) is 21.9 Å². The second kappa shape index (κ2) is 6.12. The number of carboxylic acids is 1. The van der Waals surface area contributed by atoms with Crippen LogP contribution in [0.15, 0.2) is 36.4 Å². The van der Waals surface area contributed by atoms with Gasteiger partial charge in [0, 0.05) is 18.8 Å². The van der Waals surface area contributed by atoms with Gasteiger partial charge in [-0.1, -0.05) is 42.1 Å². The molecule has 0 spiro atoms. The van der Waals surface area contributed by atoms with Gasteiger partial charge in [-0.2, -0.15) is 0 Å². The Bertz CT molecular complexity index is 410. The van der Waals surface area contributed by atoms with E-state index in [0.29, 0.717) is 11.3 Å². The Morgan fingerprint density at radius 2 is 1.94 bits per heavy atom. The molecule has 1 aromatic carbocycles. The molecule has 0 amide bonds. The van der Waals surface area contributed by atoms with Crippen molar-refractivity contribution in [1.29, 1.82) is 0 Å². The van der Waals surface area contributed by atoms with E-state index in [1.807, 2.05) is 30.3 Å². The maximum atomic E-state index is 10.9. The zero-order valence-corrected chi connectivity index (χ0v) is 9.66. The number of benzene rings is 1. The number of hydrogen-bond acceptors (Lipinski definition) is 3. The van der Waals surface area contributed by atoms with Gasteiger partial charge in [0.1, 0.15) is 0 Å². The molecule has 0 unspecified atom stereocenters. The number of carbonyl (C=O) groups excluding carboxylic acids is 1. The molecule has 4 heteroatoms. The molecule has 0 bridgehead atoms. The molecule has 0 atom stereocenters. The van der Waals surface area contributed by atoms with Gasteiger partial charge in [0.25, 0.3) is 0 Å². The molecular formula is C12H12O3S. The lowest BCUT2D eigenvalue weighted by Crippen LogP contribution is -1.96. The third kappa shape index (κ3) is 4.31. The van der Waals surface area contributed by atoms with Crippen LogP contribution in [-0.2, 0) is 9.59 Å².